The number of aromatic nitrogens is 4. The lowest BCUT2D eigenvalue weighted by molar-refractivity contribution is -0.159. The van der Waals surface area contributed by atoms with Crippen molar-refractivity contribution in [2.75, 3.05) is 12.3 Å². The molecule has 1 saturated carbocycles. The van der Waals surface area contributed by atoms with E-state index in [0.717, 1.165) is 10.8 Å². The molecule has 1 aliphatic heterocycles. The van der Waals surface area contributed by atoms with Gasteiger partial charge in [0.2, 0.25) is 10.0 Å². The molecule has 4 atom stereocenters. The number of nitrogens with two attached hydrogens (primary N) is 1. The van der Waals surface area contributed by atoms with Gasteiger partial charge in [0.15, 0.2) is 17.3 Å². The van der Waals surface area contributed by atoms with Gasteiger partial charge in [0, 0.05) is 12.5 Å². The molecule has 0 radical (unpaired) electrons. The Morgan fingerprint density at radius 1 is 1.09 bits per heavy atom. The Morgan fingerprint density at radius 3 is 2.69 bits per heavy atom. The fourth-order valence-corrected chi connectivity index (χ4v) is 6.41. The minimum atomic E-state index is -3.71. The van der Waals surface area contributed by atoms with E-state index in [1.807, 2.05) is 48.7 Å². The van der Waals surface area contributed by atoms with E-state index >= 15 is 0 Å². The number of anilines is 1. The number of benzene rings is 2. The first-order valence-corrected chi connectivity index (χ1v) is 13.0. The Bertz CT molecular complexity index is 1540. The van der Waals surface area contributed by atoms with Gasteiger partial charge in [-0.05, 0) is 43.2 Å². The molecule has 4 aromatic rings. The van der Waals surface area contributed by atoms with E-state index < -0.39 is 15.8 Å². The molecule has 3 heterocycles. The van der Waals surface area contributed by atoms with Crippen molar-refractivity contribution >= 4 is 37.8 Å². The van der Waals surface area contributed by atoms with Gasteiger partial charge in [-0.3, -0.25) is 0 Å². The molecule has 2 aromatic heterocycles. The summed E-state index contributed by atoms with van der Waals surface area (Å²) in [7, 11) is -3.71. The number of nitrogens with zero attached hydrogens (tertiary/aromatic N) is 4. The average Bonchev–Trinajstić information content (AvgIpc) is 3.49. The topological polar surface area (TPSA) is 134 Å². The molecule has 1 saturated heterocycles. The third-order valence-electron chi connectivity index (χ3n) is 6.86. The average molecular weight is 495 g/mol. The molecule has 2 aromatic carbocycles. The Hall–Kier alpha value is -3.12. The van der Waals surface area contributed by atoms with Crippen LogP contribution < -0.4 is 10.5 Å². The molecule has 2 aliphatic rings. The van der Waals surface area contributed by atoms with Gasteiger partial charge in [0.05, 0.1) is 23.4 Å². The van der Waals surface area contributed by atoms with E-state index in [9.17, 15) is 8.42 Å². The van der Waals surface area contributed by atoms with Gasteiger partial charge >= 0.3 is 0 Å². The molecule has 0 unspecified atom stereocenters. The number of hydrogen-bond donors (Lipinski definition) is 2. The highest BCUT2D eigenvalue weighted by molar-refractivity contribution is 7.89. The molecule has 10 nitrogen and oxygen atoms in total. The Kier molecular flexibility index (Phi) is 5.08. The lowest BCUT2D eigenvalue weighted by atomic mass is 10.1. The number of ether oxygens (including phenoxy) is 2. The summed E-state index contributed by atoms with van der Waals surface area (Å²) >= 11 is 0. The molecule has 0 spiro atoms. The maximum atomic E-state index is 13.1. The number of nitrogens with one attached hydrogen (secondary N) is 1. The summed E-state index contributed by atoms with van der Waals surface area (Å²) in [5.41, 5.74) is 7.12. The fourth-order valence-electron chi connectivity index (χ4n) is 5.28. The smallest absolute Gasteiger partial charge is 0.240 e. The van der Waals surface area contributed by atoms with Crippen LogP contribution >= 0.6 is 0 Å². The second-order valence-electron chi connectivity index (χ2n) is 9.57. The van der Waals surface area contributed by atoms with Gasteiger partial charge in [-0.25, -0.2) is 28.1 Å². The highest BCUT2D eigenvalue weighted by Crippen LogP contribution is 2.47. The maximum absolute atomic E-state index is 13.1. The van der Waals surface area contributed by atoms with Crippen LogP contribution in [-0.4, -0.2) is 52.5 Å². The second kappa shape index (κ2) is 7.95. The second-order valence-corrected chi connectivity index (χ2v) is 11.3. The number of sulfonamides is 1. The summed E-state index contributed by atoms with van der Waals surface area (Å²) in [5, 5.41) is 1.86. The van der Waals surface area contributed by atoms with E-state index in [4.69, 9.17) is 15.2 Å². The van der Waals surface area contributed by atoms with E-state index in [0.29, 0.717) is 23.4 Å². The number of fused-ring (bicyclic) bond motifs is 3. The number of rotatable bonds is 5. The van der Waals surface area contributed by atoms with Crippen molar-refractivity contribution in [3.05, 3.63) is 55.1 Å². The van der Waals surface area contributed by atoms with E-state index in [1.54, 1.807) is 18.5 Å². The fraction of sp³-hybridized carbons (Fsp3) is 0.375. The van der Waals surface area contributed by atoms with Crippen molar-refractivity contribution in [3.63, 3.8) is 0 Å². The lowest BCUT2D eigenvalue weighted by Gasteiger charge is -2.24. The van der Waals surface area contributed by atoms with Crippen LogP contribution in [0.2, 0.25) is 0 Å². The molecule has 11 heteroatoms. The standard InChI is InChI=1S/C24H26N6O4S/c1-24(2)33-20-16(11-29-35(31,32)17-8-7-14-5-3-4-6-15(14)9-17)10-18(21(20)34-24)30-13-28-19-22(25)26-12-27-23(19)30/h3-9,12-13,16,18,20-21,29H,10-11H2,1-2H3,(H2,25,26,27)/t16-,18-,20-,21+/m1/s1. The maximum Gasteiger partial charge on any atom is 0.240 e. The van der Waals surface area contributed by atoms with Gasteiger partial charge in [0.1, 0.15) is 17.9 Å². The van der Waals surface area contributed by atoms with Crippen LogP contribution in [-0.2, 0) is 19.5 Å². The summed E-state index contributed by atoms with van der Waals surface area (Å²) in [4.78, 5) is 13.0. The third kappa shape index (κ3) is 3.84. The summed E-state index contributed by atoms with van der Waals surface area (Å²) in [6.45, 7) is 3.95. The van der Waals surface area contributed by atoms with Crippen molar-refractivity contribution < 1.29 is 17.9 Å². The van der Waals surface area contributed by atoms with E-state index in [-0.39, 0.29) is 35.6 Å². The summed E-state index contributed by atoms with van der Waals surface area (Å²) in [6.07, 6.45) is 3.15. The van der Waals surface area contributed by atoms with Crippen LogP contribution in [0, 0.1) is 5.92 Å². The number of nitrogen functional groups attached to an aromatic ring is 1. The van der Waals surface area contributed by atoms with Crippen molar-refractivity contribution in [1.82, 2.24) is 24.2 Å². The van der Waals surface area contributed by atoms with Crippen molar-refractivity contribution in [3.8, 4) is 0 Å². The van der Waals surface area contributed by atoms with Crippen LogP contribution in [0.25, 0.3) is 21.9 Å². The zero-order valence-electron chi connectivity index (χ0n) is 19.3. The van der Waals surface area contributed by atoms with Crippen LogP contribution in [0.5, 0.6) is 0 Å². The Balaban J connectivity index is 1.27. The molecular weight excluding hydrogens is 468 g/mol. The molecule has 35 heavy (non-hydrogen) atoms. The molecule has 0 bridgehead atoms. The first-order chi connectivity index (χ1) is 16.7. The normalized spacial score (nSPS) is 25.9. The van der Waals surface area contributed by atoms with Crippen LogP contribution in [0.4, 0.5) is 5.82 Å². The highest BCUT2D eigenvalue weighted by Gasteiger charge is 2.54. The molecule has 1 aliphatic carbocycles. The molecule has 6 rings (SSSR count). The van der Waals surface area contributed by atoms with Crippen molar-refractivity contribution in [2.24, 2.45) is 5.92 Å². The molecule has 182 valence electrons. The van der Waals surface area contributed by atoms with Crippen LogP contribution in [0.1, 0.15) is 26.3 Å². The minimum Gasteiger partial charge on any atom is -0.382 e. The molecule has 2 fully saturated rings. The molecule has 0 amide bonds. The monoisotopic (exact) mass is 494 g/mol. The van der Waals surface area contributed by atoms with Gasteiger partial charge in [-0.2, -0.15) is 0 Å². The van der Waals surface area contributed by atoms with E-state index in [2.05, 4.69) is 19.7 Å². The van der Waals surface area contributed by atoms with Gasteiger partial charge < -0.3 is 19.8 Å². The Labute approximate surface area is 202 Å². The number of imidazole rings is 1. The zero-order chi connectivity index (χ0) is 24.4. The largest absolute Gasteiger partial charge is 0.382 e. The summed E-state index contributed by atoms with van der Waals surface area (Å²) in [5.74, 6) is -0.584. The quantitative estimate of drug-likeness (QED) is 0.432. The predicted octanol–water partition coefficient (Wildman–Crippen LogP) is 2.62. The third-order valence-corrected chi connectivity index (χ3v) is 8.28. The summed E-state index contributed by atoms with van der Waals surface area (Å²) < 4.78 is 43.5. The van der Waals surface area contributed by atoms with Crippen molar-refractivity contribution in [1.29, 1.82) is 0 Å². The first-order valence-electron chi connectivity index (χ1n) is 11.5. The SMILES string of the molecule is CC1(C)O[C@@H]2[C@@H](CNS(=O)(=O)c3ccc4ccccc4c3)C[C@@H](n3cnc4c(N)ncnc43)[C@@H]2O1. The lowest BCUT2D eigenvalue weighted by Crippen LogP contribution is -2.35. The van der Waals surface area contributed by atoms with Crippen molar-refractivity contribution in [2.45, 2.75) is 49.2 Å². The van der Waals surface area contributed by atoms with Crippen LogP contribution in [0.3, 0.4) is 0 Å². The zero-order valence-corrected chi connectivity index (χ0v) is 20.1. The van der Waals surface area contributed by atoms with E-state index in [1.165, 1.54) is 6.33 Å². The molecule has 3 N–H and O–H groups in total. The summed E-state index contributed by atoms with van der Waals surface area (Å²) in [6, 6.07) is 12.7. The van der Waals surface area contributed by atoms with Gasteiger partial charge in [-0.1, -0.05) is 30.3 Å². The molecular formula is C24H26N6O4S. The van der Waals surface area contributed by atoms with Crippen LogP contribution in [0.15, 0.2) is 60.0 Å². The highest BCUT2D eigenvalue weighted by atomic mass is 32.2. The van der Waals surface area contributed by atoms with Gasteiger partial charge in [-0.15, -0.1) is 0 Å². The Morgan fingerprint density at radius 2 is 1.86 bits per heavy atom. The van der Waals surface area contributed by atoms with Gasteiger partial charge in [0.25, 0.3) is 0 Å². The minimum absolute atomic E-state index is 0.112. The first kappa shape index (κ1) is 22.4. The predicted molar refractivity (Wildman–Crippen MR) is 130 cm³/mol. The number of hydrogen-bond acceptors (Lipinski definition) is 8.